The van der Waals surface area contributed by atoms with Crippen molar-refractivity contribution in [3.63, 3.8) is 0 Å². The molecule has 1 aliphatic rings. The van der Waals surface area contributed by atoms with Crippen LogP contribution in [0.1, 0.15) is 30.1 Å². The van der Waals surface area contributed by atoms with Crippen LogP contribution in [0.15, 0.2) is 48.8 Å². The molecule has 6 nitrogen and oxygen atoms in total. The van der Waals surface area contributed by atoms with Crippen LogP contribution in [0.2, 0.25) is 0 Å². The zero-order valence-electron chi connectivity index (χ0n) is 14.1. The second-order valence-corrected chi connectivity index (χ2v) is 5.99. The molecule has 0 unspecified atom stereocenters. The van der Waals surface area contributed by atoms with E-state index in [1.807, 2.05) is 17.0 Å². The number of carbonyl (C=O) groups excluding carboxylic acids is 2. The summed E-state index contributed by atoms with van der Waals surface area (Å²) in [5, 5.41) is 2.74. The number of nitrogens with zero attached hydrogens (tertiary/aromatic N) is 2. The van der Waals surface area contributed by atoms with Gasteiger partial charge in [0.15, 0.2) is 0 Å². The largest absolute Gasteiger partial charge is 0.381 e. The molecule has 1 N–H and O–H groups in total. The first kappa shape index (κ1) is 17.1. The standard InChI is InChI=1S/C19H21N3O3/c1-14(23)21-16-4-6-17(7-5-16)22(18-8-11-25-12-9-18)19(24)15-3-2-10-20-13-15/h2-7,10,13,18H,8-9,11-12H2,1H3,(H,21,23). The van der Waals surface area contributed by atoms with E-state index in [0.717, 1.165) is 18.5 Å². The molecule has 0 aliphatic carbocycles. The highest BCUT2D eigenvalue weighted by atomic mass is 16.5. The van der Waals surface area contributed by atoms with Gasteiger partial charge in [-0.05, 0) is 49.2 Å². The van der Waals surface area contributed by atoms with Gasteiger partial charge in [0.05, 0.1) is 5.56 Å². The Hall–Kier alpha value is -2.73. The van der Waals surface area contributed by atoms with Crippen LogP contribution in [-0.2, 0) is 9.53 Å². The molecule has 0 saturated carbocycles. The summed E-state index contributed by atoms with van der Waals surface area (Å²) < 4.78 is 5.44. The minimum atomic E-state index is -0.125. The number of pyridine rings is 1. The molecule has 1 aromatic carbocycles. The van der Waals surface area contributed by atoms with Crippen molar-refractivity contribution >= 4 is 23.2 Å². The lowest BCUT2D eigenvalue weighted by Gasteiger charge is -2.34. The van der Waals surface area contributed by atoms with Gasteiger partial charge in [0.25, 0.3) is 5.91 Å². The Labute approximate surface area is 146 Å². The molecular formula is C19H21N3O3. The van der Waals surface area contributed by atoms with Gasteiger partial charge in [0.1, 0.15) is 0 Å². The van der Waals surface area contributed by atoms with E-state index in [0.29, 0.717) is 24.5 Å². The smallest absolute Gasteiger partial charge is 0.260 e. The number of carbonyl (C=O) groups is 2. The normalized spacial score (nSPS) is 14.8. The highest BCUT2D eigenvalue weighted by molar-refractivity contribution is 6.06. The maximum absolute atomic E-state index is 13.1. The van der Waals surface area contributed by atoms with Crippen molar-refractivity contribution in [2.75, 3.05) is 23.4 Å². The van der Waals surface area contributed by atoms with Crippen LogP contribution in [0.5, 0.6) is 0 Å². The van der Waals surface area contributed by atoms with Crippen molar-refractivity contribution < 1.29 is 14.3 Å². The molecule has 2 amide bonds. The third-order valence-corrected chi connectivity index (χ3v) is 4.15. The zero-order valence-corrected chi connectivity index (χ0v) is 14.1. The van der Waals surface area contributed by atoms with Crippen LogP contribution in [0, 0.1) is 0 Å². The molecule has 1 saturated heterocycles. The summed E-state index contributed by atoms with van der Waals surface area (Å²) in [7, 11) is 0. The molecule has 1 fully saturated rings. The fourth-order valence-corrected chi connectivity index (χ4v) is 2.97. The van der Waals surface area contributed by atoms with Gasteiger partial charge < -0.3 is 15.0 Å². The third kappa shape index (κ3) is 4.22. The Morgan fingerprint density at radius 1 is 1.16 bits per heavy atom. The Morgan fingerprint density at radius 2 is 1.88 bits per heavy atom. The molecule has 1 aromatic heterocycles. The minimum absolute atomic E-state index is 0.0766. The molecule has 130 valence electrons. The molecule has 1 aliphatic heterocycles. The van der Waals surface area contributed by atoms with Crippen LogP contribution in [0.25, 0.3) is 0 Å². The van der Waals surface area contributed by atoms with Gasteiger partial charge >= 0.3 is 0 Å². The van der Waals surface area contributed by atoms with Gasteiger partial charge in [0.2, 0.25) is 5.91 Å². The van der Waals surface area contributed by atoms with Crippen LogP contribution in [-0.4, -0.2) is 36.1 Å². The maximum Gasteiger partial charge on any atom is 0.260 e. The highest BCUT2D eigenvalue weighted by Gasteiger charge is 2.28. The molecule has 3 rings (SSSR count). The first-order valence-corrected chi connectivity index (χ1v) is 8.34. The van der Waals surface area contributed by atoms with E-state index in [2.05, 4.69) is 10.3 Å². The maximum atomic E-state index is 13.1. The summed E-state index contributed by atoms with van der Waals surface area (Å²) in [5.41, 5.74) is 2.06. The first-order valence-electron chi connectivity index (χ1n) is 8.34. The fourth-order valence-electron chi connectivity index (χ4n) is 2.97. The summed E-state index contributed by atoms with van der Waals surface area (Å²) >= 11 is 0. The Bertz CT molecular complexity index is 725. The summed E-state index contributed by atoms with van der Waals surface area (Å²) in [5.74, 6) is -0.201. The summed E-state index contributed by atoms with van der Waals surface area (Å²) in [6, 6.07) is 10.9. The number of hydrogen-bond donors (Lipinski definition) is 1. The van der Waals surface area contributed by atoms with E-state index in [9.17, 15) is 9.59 Å². The predicted octanol–water partition coefficient (Wildman–Crippen LogP) is 2.87. The van der Waals surface area contributed by atoms with Crippen LogP contribution in [0.4, 0.5) is 11.4 Å². The number of amides is 2. The van der Waals surface area contributed by atoms with Crippen molar-refractivity contribution in [1.82, 2.24) is 4.98 Å². The second kappa shape index (κ2) is 7.90. The topological polar surface area (TPSA) is 71.5 Å². The van der Waals surface area contributed by atoms with Gasteiger partial charge in [-0.25, -0.2) is 0 Å². The van der Waals surface area contributed by atoms with E-state index in [1.54, 1.807) is 36.7 Å². The van der Waals surface area contributed by atoms with E-state index in [4.69, 9.17) is 4.74 Å². The lowest BCUT2D eigenvalue weighted by molar-refractivity contribution is -0.114. The number of aromatic nitrogens is 1. The SMILES string of the molecule is CC(=O)Nc1ccc(N(C(=O)c2cccnc2)C2CCOCC2)cc1. The van der Waals surface area contributed by atoms with Crippen LogP contribution < -0.4 is 10.2 Å². The lowest BCUT2D eigenvalue weighted by atomic mass is 10.0. The van der Waals surface area contributed by atoms with Gasteiger partial charge in [-0.3, -0.25) is 14.6 Å². The zero-order chi connectivity index (χ0) is 17.6. The second-order valence-electron chi connectivity index (χ2n) is 5.99. The fraction of sp³-hybridized carbons (Fsp3) is 0.316. The van der Waals surface area contributed by atoms with E-state index in [1.165, 1.54) is 6.92 Å². The Kier molecular flexibility index (Phi) is 5.40. The Morgan fingerprint density at radius 3 is 2.48 bits per heavy atom. The molecule has 0 spiro atoms. The minimum Gasteiger partial charge on any atom is -0.381 e. The first-order chi connectivity index (χ1) is 12.1. The van der Waals surface area contributed by atoms with Crippen LogP contribution in [0.3, 0.4) is 0 Å². The average Bonchev–Trinajstić information content (AvgIpc) is 2.64. The highest BCUT2D eigenvalue weighted by Crippen LogP contribution is 2.26. The average molecular weight is 339 g/mol. The lowest BCUT2D eigenvalue weighted by Crippen LogP contribution is -2.43. The molecule has 2 aromatic rings. The van der Waals surface area contributed by atoms with Crippen molar-refractivity contribution in [3.05, 3.63) is 54.4 Å². The molecule has 0 atom stereocenters. The molecular weight excluding hydrogens is 318 g/mol. The molecule has 2 heterocycles. The number of nitrogens with one attached hydrogen (secondary N) is 1. The van der Waals surface area contributed by atoms with E-state index >= 15 is 0 Å². The number of anilines is 2. The monoisotopic (exact) mass is 339 g/mol. The van der Waals surface area contributed by atoms with E-state index in [-0.39, 0.29) is 17.9 Å². The van der Waals surface area contributed by atoms with Crippen molar-refractivity contribution in [2.45, 2.75) is 25.8 Å². The quantitative estimate of drug-likeness (QED) is 0.930. The third-order valence-electron chi connectivity index (χ3n) is 4.15. The molecule has 6 heteroatoms. The van der Waals surface area contributed by atoms with Gasteiger partial charge in [-0.2, -0.15) is 0 Å². The number of benzene rings is 1. The van der Waals surface area contributed by atoms with E-state index < -0.39 is 0 Å². The predicted molar refractivity (Wildman–Crippen MR) is 95.6 cm³/mol. The number of hydrogen-bond acceptors (Lipinski definition) is 4. The van der Waals surface area contributed by atoms with Gasteiger partial charge in [0, 0.05) is 49.9 Å². The molecule has 25 heavy (non-hydrogen) atoms. The summed E-state index contributed by atoms with van der Waals surface area (Å²) in [6.45, 7) is 2.76. The number of rotatable bonds is 4. The van der Waals surface area contributed by atoms with Crippen molar-refractivity contribution in [1.29, 1.82) is 0 Å². The van der Waals surface area contributed by atoms with Gasteiger partial charge in [-0.15, -0.1) is 0 Å². The van der Waals surface area contributed by atoms with Gasteiger partial charge in [-0.1, -0.05) is 0 Å². The van der Waals surface area contributed by atoms with Crippen molar-refractivity contribution in [2.24, 2.45) is 0 Å². The van der Waals surface area contributed by atoms with Crippen molar-refractivity contribution in [3.8, 4) is 0 Å². The van der Waals surface area contributed by atoms with Crippen LogP contribution >= 0.6 is 0 Å². The summed E-state index contributed by atoms with van der Waals surface area (Å²) in [6.07, 6.45) is 4.82. The Balaban J connectivity index is 1.90. The number of ether oxygens (including phenoxy) is 1. The summed E-state index contributed by atoms with van der Waals surface area (Å²) in [4.78, 5) is 30.1. The molecule has 0 bridgehead atoms. The molecule has 0 radical (unpaired) electrons.